The molecule has 0 heterocycles. The molecule has 0 bridgehead atoms. The van der Waals surface area contributed by atoms with E-state index >= 15 is 0 Å². The monoisotopic (exact) mass is 1370 g/mol. The van der Waals surface area contributed by atoms with E-state index in [-0.39, 0.29) is 25.7 Å². The van der Waals surface area contributed by atoms with Crippen molar-refractivity contribution in [3.05, 3.63) is 0 Å². The van der Waals surface area contributed by atoms with Crippen LogP contribution in [0.4, 0.5) is 0 Å². The van der Waals surface area contributed by atoms with Crippen LogP contribution >= 0.6 is 15.6 Å². The van der Waals surface area contributed by atoms with E-state index < -0.39 is 97.5 Å². The van der Waals surface area contributed by atoms with Crippen LogP contribution in [0.5, 0.6) is 0 Å². The molecule has 0 radical (unpaired) electrons. The van der Waals surface area contributed by atoms with Crippen molar-refractivity contribution in [3.63, 3.8) is 0 Å². The molecule has 0 fully saturated rings. The average Bonchev–Trinajstić information content (AvgIpc) is 2.10. The number of hydrogen-bond acceptors (Lipinski definition) is 15. The molecule has 4 unspecified atom stereocenters. The molecule has 0 spiro atoms. The van der Waals surface area contributed by atoms with Gasteiger partial charge in [-0.3, -0.25) is 37.3 Å². The lowest BCUT2D eigenvalue weighted by Crippen LogP contribution is -2.30. The van der Waals surface area contributed by atoms with Crippen LogP contribution in [0, 0.1) is 17.8 Å². The van der Waals surface area contributed by atoms with Crippen molar-refractivity contribution in [2.45, 2.75) is 394 Å². The Morgan fingerprint density at radius 2 is 0.548 bits per heavy atom. The molecule has 0 aliphatic rings. The van der Waals surface area contributed by atoms with Crippen LogP contribution in [0.15, 0.2) is 0 Å². The largest absolute Gasteiger partial charge is 0.472 e. The third-order valence-corrected chi connectivity index (χ3v) is 19.8. The van der Waals surface area contributed by atoms with Gasteiger partial charge in [0.2, 0.25) is 0 Å². The lowest BCUT2D eigenvalue weighted by Gasteiger charge is -2.21. The second-order valence-corrected chi connectivity index (χ2v) is 30.6. The lowest BCUT2D eigenvalue weighted by molar-refractivity contribution is -0.161. The molecule has 0 aromatic heterocycles. The van der Waals surface area contributed by atoms with Crippen LogP contribution in [0.3, 0.4) is 0 Å². The van der Waals surface area contributed by atoms with Gasteiger partial charge < -0.3 is 33.8 Å². The van der Waals surface area contributed by atoms with Crippen LogP contribution in [-0.2, 0) is 65.4 Å². The molecule has 0 aromatic rings. The molecular weight excluding hydrogens is 1220 g/mol. The van der Waals surface area contributed by atoms with Crippen molar-refractivity contribution in [1.82, 2.24) is 0 Å². The highest BCUT2D eigenvalue weighted by atomic mass is 31.2. The Hall–Kier alpha value is -1.94. The maximum absolute atomic E-state index is 13.1. The number of rotatable bonds is 72. The highest BCUT2D eigenvalue weighted by Crippen LogP contribution is 2.45. The number of carbonyl (C=O) groups excluding carboxylic acids is 4. The van der Waals surface area contributed by atoms with E-state index in [0.29, 0.717) is 25.7 Å². The predicted octanol–water partition coefficient (Wildman–Crippen LogP) is 21.4. The Balaban J connectivity index is 5.24. The van der Waals surface area contributed by atoms with Crippen molar-refractivity contribution < 1.29 is 80.2 Å². The molecule has 7 atom stereocenters. The van der Waals surface area contributed by atoms with E-state index in [9.17, 15) is 43.2 Å². The standard InChI is InChI=1S/C74H144O17P2/c1-8-11-12-13-14-15-28-33-41-48-55-71(76)85-62-70(91-74(79)58-51-44-37-36-40-47-54-67(7)10-3)64-89-93(82,83)87-60-68(75)59-86-92(80,81)88-63-69(61-84-72(77)56-49-42-34-29-24-21-20-22-26-31-38-45-52-65(4)5)90-73(78)57-50-43-35-30-25-19-17-16-18-23-27-32-39-46-53-66(6)9-2/h65-70,75H,8-64H2,1-7H3,(H,80,81)(H,82,83)/t66?,67?,68-,69-,70-/m1/s1. The molecule has 0 aromatic carbocycles. The average molecular weight is 1370 g/mol. The first-order valence-corrected chi connectivity index (χ1v) is 41.4. The molecular formula is C74H144O17P2. The molecule has 0 aliphatic carbocycles. The van der Waals surface area contributed by atoms with Crippen LogP contribution in [0.1, 0.15) is 376 Å². The van der Waals surface area contributed by atoms with Gasteiger partial charge in [0.25, 0.3) is 0 Å². The third kappa shape index (κ3) is 65.8. The number of esters is 4. The highest BCUT2D eigenvalue weighted by Gasteiger charge is 2.30. The number of aliphatic hydroxyl groups excluding tert-OH is 1. The number of phosphoric acid groups is 2. The van der Waals surface area contributed by atoms with Crippen molar-refractivity contribution in [1.29, 1.82) is 0 Å². The minimum atomic E-state index is -4.96. The van der Waals surface area contributed by atoms with Crippen molar-refractivity contribution in [2.75, 3.05) is 39.6 Å². The van der Waals surface area contributed by atoms with E-state index in [1.54, 1.807) is 0 Å². The van der Waals surface area contributed by atoms with Gasteiger partial charge >= 0.3 is 39.5 Å². The molecule has 0 saturated heterocycles. The fourth-order valence-electron chi connectivity index (χ4n) is 11.2. The molecule has 0 saturated carbocycles. The second-order valence-electron chi connectivity index (χ2n) is 27.6. The number of hydrogen-bond donors (Lipinski definition) is 3. The number of phosphoric ester groups is 2. The minimum absolute atomic E-state index is 0.103. The normalized spacial score (nSPS) is 14.7. The Bertz CT molecular complexity index is 1820. The summed E-state index contributed by atoms with van der Waals surface area (Å²) in [4.78, 5) is 72.7. The van der Waals surface area contributed by atoms with Gasteiger partial charge in [-0.1, -0.05) is 325 Å². The first-order chi connectivity index (χ1) is 44.8. The first kappa shape index (κ1) is 91.1. The predicted molar refractivity (Wildman–Crippen MR) is 377 cm³/mol. The van der Waals surface area contributed by atoms with E-state index in [0.717, 1.165) is 108 Å². The molecule has 93 heavy (non-hydrogen) atoms. The van der Waals surface area contributed by atoms with Crippen LogP contribution < -0.4 is 0 Å². The van der Waals surface area contributed by atoms with Gasteiger partial charge in [0.05, 0.1) is 26.4 Å². The summed E-state index contributed by atoms with van der Waals surface area (Å²) in [7, 11) is -9.91. The molecule has 19 heteroatoms. The Morgan fingerprint density at radius 3 is 0.817 bits per heavy atom. The van der Waals surface area contributed by atoms with Crippen molar-refractivity contribution in [3.8, 4) is 0 Å². The second kappa shape index (κ2) is 64.7. The van der Waals surface area contributed by atoms with Gasteiger partial charge in [-0.25, -0.2) is 9.13 Å². The summed E-state index contributed by atoms with van der Waals surface area (Å²) in [6.45, 7) is 11.9. The summed E-state index contributed by atoms with van der Waals surface area (Å²) in [5, 5.41) is 10.6. The van der Waals surface area contributed by atoms with Crippen LogP contribution in [0.25, 0.3) is 0 Å². The number of ether oxygens (including phenoxy) is 4. The summed E-state index contributed by atoms with van der Waals surface area (Å²) in [6.07, 6.45) is 49.9. The number of unbranched alkanes of at least 4 members (excludes halogenated alkanes) is 38. The topological polar surface area (TPSA) is 237 Å². The molecule has 3 N–H and O–H groups in total. The first-order valence-electron chi connectivity index (χ1n) is 38.4. The Labute approximate surface area is 568 Å². The fraction of sp³-hybridized carbons (Fsp3) is 0.946. The molecule has 17 nitrogen and oxygen atoms in total. The quantitative estimate of drug-likeness (QED) is 0.0222. The Kier molecular flexibility index (Phi) is 63.4. The maximum Gasteiger partial charge on any atom is 0.472 e. The van der Waals surface area contributed by atoms with E-state index in [1.165, 1.54) is 186 Å². The summed E-state index contributed by atoms with van der Waals surface area (Å²) < 4.78 is 68.4. The van der Waals surface area contributed by atoms with Gasteiger partial charge in [0.15, 0.2) is 12.2 Å². The van der Waals surface area contributed by atoms with Gasteiger partial charge in [-0.05, 0) is 43.4 Å². The lowest BCUT2D eigenvalue weighted by atomic mass is 9.99. The van der Waals surface area contributed by atoms with Crippen molar-refractivity contribution in [2.24, 2.45) is 17.8 Å². The third-order valence-electron chi connectivity index (χ3n) is 17.9. The van der Waals surface area contributed by atoms with Gasteiger partial charge in [-0.2, -0.15) is 0 Å². The van der Waals surface area contributed by atoms with Crippen molar-refractivity contribution >= 4 is 39.5 Å². The number of aliphatic hydroxyl groups is 1. The van der Waals surface area contributed by atoms with E-state index in [2.05, 4.69) is 48.5 Å². The van der Waals surface area contributed by atoms with Gasteiger partial charge in [0, 0.05) is 25.7 Å². The minimum Gasteiger partial charge on any atom is -0.462 e. The van der Waals surface area contributed by atoms with Gasteiger partial charge in [0.1, 0.15) is 19.3 Å². The molecule has 0 amide bonds. The van der Waals surface area contributed by atoms with Crippen LogP contribution in [0.2, 0.25) is 0 Å². The van der Waals surface area contributed by atoms with Crippen LogP contribution in [-0.4, -0.2) is 96.7 Å². The molecule has 0 aliphatic heterocycles. The summed E-state index contributed by atoms with van der Waals surface area (Å²) in [5.74, 6) is 0.225. The fourth-order valence-corrected chi connectivity index (χ4v) is 12.8. The SMILES string of the molecule is CCCCCCCCCCCCC(=O)OC[C@H](COP(=O)(O)OC[C@H](O)COP(=O)(O)OC[C@@H](COC(=O)CCCCCCCCCCCCCCC(C)C)OC(=O)CCCCCCCCCCCCCCCCC(C)CC)OC(=O)CCCCCCCCC(C)CC. The zero-order chi connectivity index (χ0) is 68.7. The van der Waals surface area contributed by atoms with E-state index in [1.807, 2.05) is 0 Å². The number of carbonyl (C=O) groups is 4. The maximum atomic E-state index is 13.1. The smallest absolute Gasteiger partial charge is 0.462 e. The molecule has 0 rings (SSSR count). The van der Waals surface area contributed by atoms with Gasteiger partial charge in [-0.15, -0.1) is 0 Å². The van der Waals surface area contributed by atoms with E-state index in [4.69, 9.17) is 37.0 Å². The zero-order valence-electron chi connectivity index (χ0n) is 60.7. The summed E-state index contributed by atoms with van der Waals surface area (Å²) in [5.41, 5.74) is 0. The Morgan fingerprint density at radius 1 is 0.312 bits per heavy atom. The summed E-state index contributed by atoms with van der Waals surface area (Å²) >= 11 is 0. The molecule has 552 valence electrons. The highest BCUT2D eigenvalue weighted by molar-refractivity contribution is 7.47. The zero-order valence-corrected chi connectivity index (χ0v) is 62.5. The summed E-state index contributed by atoms with van der Waals surface area (Å²) in [6, 6.07) is 0.